The van der Waals surface area contributed by atoms with E-state index in [0.29, 0.717) is 0 Å². The van der Waals surface area contributed by atoms with Gasteiger partial charge in [0.1, 0.15) is 12.6 Å². The van der Waals surface area contributed by atoms with Crippen LogP contribution in [0, 0.1) is 11.3 Å². The Morgan fingerprint density at radius 2 is 1.88 bits per heavy atom. The minimum Gasteiger partial charge on any atom is -0.336 e. The first-order valence-electron chi connectivity index (χ1n) is 5.01. The van der Waals surface area contributed by atoms with Crippen LogP contribution in [-0.4, -0.2) is 34.5 Å². The van der Waals surface area contributed by atoms with Gasteiger partial charge in [0.15, 0.2) is 0 Å². The van der Waals surface area contributed by atoms with E-state index in [1.165, 1.54) is 0 Å². The molecule has 0 saturated carbocycles. The maximum Gasteiger partial charge on any atom is 0.307 e. The Hall–Kier alpha value is 0.0500. The number of rotatable bonds is 7. The summed E-state index contributed by atoms with van der Waals surface area (Å²) in [4.78, 5) is 15.4. The van der Waals surface area contributed by atoms with E-state index >= 15 is 0 Å². The van der Waals surface area contributed by atoms with Gasteiger partial charge in [0.05, 0.1) is 6.07 Å². The van der Waals surface area contributed by atoms with Gasteiger partial charge < -0.3 is 4.89 Å². The van der Waals surface area contributed by atoms with E-state index in [1.54, 1.807) is 0 Å². The molecular formula is C9H18ClN2O3P. The molecule has 5 nitrogen and oxygen atoms in total. The van der Waals surface area contributed by atoms with Crippen molar-refractivity contribution in [1.29, 1.82) is 5.26 Å². The first-order valence-corrected chi connectivity index (χ1v) is 7.13. The highest BCUT2D eigenvalue weighted by molar-refractivity contribution is 7.75. The van der Waals surface area contributed by atoms with Gasteiger partial charge in [-0.3, -0.25) is 4.90 Å². The van der Waals surface area contributed by atoms with Crippen LogP contribution in [-0.2, 0) is 9.56 Å². The summed E-state index contributed by atoms with van der Waals surface area (Å²) in [5.74, 6) is 0. The molecule has 0 radical (unpaired) electrons. The van der Waals surface area contributed by atoms with E-state index < -0.39 is 13.8 Å². The van der Waals surface area contributed by atoms with Crippen LogP contribution in [0.25, 0.3) is 0 Å². The van der Waals surface area contributed by atoms with Crippen molar-refractivity contribution in [3.63, 3.8) is 0 Å². The molecule has 7 heteroatoms. The zero-order chi connectivity index (χ0) is 12.7. The Labute approximate surface area is 103 Å². The van der Waals surface area contributed by atoms with Gasteiger partial charge in [-0.2, -0.15) is 9.94 Å². The third-order valence-electron chi connectivity index (χ3n) is 2.04. The zero-order valence-corrected chi connectivity index (χ0v) is 11.6. The Morgan fingerprint density at radius 1 is 1.38 bits per heavy atom. The molecule has 0 amide bonds. The van der Waals surface area contributed by atoms with Crippen LogP contribution in [0.1, 0.15) is 27.7 Å². The first-order chi connectivity index (χ1) is 7.40. The molecule has 0 aromatic carbocycles. The van der Waals surface area contributed by atoms with Crippen LogP contribution in [0.2, 0.25) is 0 Å². The Morgan fingerprint density at radius 3 is 2.19 bits per heavy atom. The molecule has 1 N–H and O–H groups in total. The summed E-state index contributed by atoms with van der Waals surface area (Å²) >= 11 is 5.19. The minimum absolute atomic E-state index is 0.0545. The van der Waals surface area contributed by atoms with Crippen LogP contribution in [0.15, 0.2) is 0 Å². The van der Waals surface area contributed by atoms with Crippen LogP contribution < -0.4 is 0 Å². The normalized spacial score (nSPS) is 15.5. The summed E-state index contributed by atoms with van der Waals surface area (Å²) < 4.78 is 4.39. The fourth-order valence-electron chi connectivity index (χ4n) is 1.64. The zero-order valence-electron chi connectivity index (χ0n) is 9.92. The third kappa shape index (κ3) is 5.95. The summed E-state index contributed by atoms with van der Waals surface area (Å²) in [7, 11) is -2.06. The molecule has 0 bridgehead atoms. The summed E-state index contributed by atoms with van der Waals surface area (Å²) in [5.41, 5.74) is 0. The van der Waals surface area contributed by atoms with Crippen molar-refractivity contribution in [3.8, 4) is 6.07 Å². The van der Waals surface area contributed by atoms with Crippen LogP contribution in [0.4, 0.5) is 0 Å². The molecule has 2 unspecified atom stereocenters. The highest BCUT2D eigenvalue weighted by Crippen LogP contribution is 2.37. The second-order valence-electron chi connectivity index (χ2n) is 3.86. The number of nitriles is 1. The molecule has 0 spiro atoms. The third-order valence-corrected chi connectivity index (χ3v) is 2.44. The maximum absolute atomic E-state index is 9.04. The summed E-state index contributed by atoms with van der Waals surface area (Å²) in [6.45, 7) is 8.08. The minimum atomic E-state index is -2.06. The van der Waals surface area contributed by atoms with Crippen molar-refractivity contribution in [2.45, 2.75) is 45.8 Å². The van der Waals surface area contributed by atoms with Gasteiger partial charge in [0.25, 0.3) is 0 Å². The summed E-state index contributed by atoms with van der Waals surface area (Å²) in [6.07, 6.45) is 0. The lowest BCUT2D eigenvalue weighted by molar-refractivity contribution is -0.212. The molecule has 0 rings (SSSR count). The highest BCUT2D eigenvalue weighted by atomic mass is 35.7. The lowest BCUT2D eigenvalue weighted by Gasteiger charge is -2.33. The fraction of sp³-hybridized carbons (Fsp3) is 0.889. The standard InChI is InChI=1S/C9H18ClN2O3P/c1-7(2)12(8(3)4)9(5-11)6-14-15-16(10)13/h7-9,13H,6H2,1-4H3. The fourth-order valence-corrected chi connectivity index (χ4v) is 1.91. The van der Waals surface area contributed by atoms with E-state index in [0.717, 1.165) is 0 Å². The van der Waals surface area contributed by atoms with E-state index in [4.69, 9.17) is 26.3 Å². The molecular weight excluding hydrogens is 251 g/mol. The summed E-state index contributed by atoms with van der Waals surface area (Å²) in [5, 5.41) is 9.04. The second-order valence-corrected chi connectivity index (χ2v) is 5.33. The molecule has 94 valence electrons. The lowest BCUT2D eigenvalue weighted by Crippen LogP contribution is -2.46. The molecule has 0 aromatic rings. The van der Waals surface area contributed by atoms with Gasteiger partial charge in [-0.05, 0) is 38.9 Å². The molecule has 0 aliphatic rings. The molecule has 16 heavy (non-hydrogen) atoms. The number of hydrogen-bond donors (Lipinski definition) is 1. The average Bonchev–Trinajstić information content (AvgIpc) is 2.14. The number of halogens is 1. The van der Waals surface area contributed by atoms with Crippen LogP contribution >= 0.6 is 19.0 Å². The molecule has 0 aromatic heterocycles. The van der Waals surface area contributed by atoms with Crippen molar-refractivity contribution in [1.82, 2.24) is 4.90 Å². The van der Waals surface area contributed by atoms with Crippen molar-refractivity contribution >= 4 is 19.0 Å². The molecule has 0 aliphatic carbocycles. The maximum atomic E-state index is 9.04. The van der Waals surface area contributed by atoms with Gasteiger partial charge in [-0.15, -0.1) is 0 Å². The van der Waals surface area contributed by atoms with E-state index in [9.17, 15) is 0 Å². The van der Waals surface area contributed by atoms with Gasteiger partial charge >= 0.3 is 7.73 Å². The lowest BCUT2D eigenvalue weighted by atomic mass is 10.1. The van der Waals surface area contributed by atoms with E-state index in [-0.39, 0.29) is 18.7 Å². The number of nitrogens with zero attached hydrogens (tertiary/aromatic N) is 2. The molecule has 0 aliphatic heterocycles. The Bertz CT molecular complexity index is 225. The average molecular weight is 269 g/mol. The Kier molecular flexibility index (Phi) is 8.21. The molecule has 2 atom stereocenters. The molecule has 0 fully saturated rings. The molecule has 0 heterocycles. The van der Waals surface area contributed by atoms with Gasteiger partial charge in [-0.25, -0.2) is 4.89 Å². The van der Waals surface area contributed by atoms with Crippen molar-refractivity contribution in [2.24, 2.45) is 0 Å². The predicted octanol–water partition coefficient (Wildman–Crippen LogP) is 2.40. The van der Waals surface area contributed by atoms with Crippen molar-refractivity contribution < 1.29 is 14.5 Å². The van der Waals surface area contributed by atoms with Crippen LogP contribution in [0.5, 0.6) is 0 Å². The monoisotopic (exact) mass is 268 g/mol. The second kappa shape index (κ2) is 8.19. The topological polar surface area (TPSA) is 65.7 Å². The van der Waals surface area contributed by atoms with E-state index in [1.807, 2.05) is 32.6 Å². The SMILES string of the molecule is CC(C)N(C(C)C)C(C#N)COOP(O)Cl. The Balaban J connectivity index is 4.29. The first kappa shape index (κ1) is 16.1. The van der Waals surface area contributed by atoms with Gasteiger partial charge in [0, 0.05) is 12.1 Å². The van der Waals surface area contributed by atoms with Crippen LogP contribution in [0.3, 0.4) is 0 Å². The van der Waals surface area contributed by atoms with Gasteiger partial charge in [0.2, 0.25) is 0 Å². The largest absolute Gasteiger partial charge is 0.336 e. The quantitative estimate of drug-likeness (QED) is 0.436. The molecule has 0 saturated heterocycles. The highest BCUT2D eigenvalue weighted by Gasteiger charge is 2.24. The van der Waals surface area contributed by atoms with Crippen molar-refractivity contribution in [2.75, 3.05) is 6.61 Å². The van der Waals surface area contributed by atoms with E-state index in [2.05, 4.69) is 10.7 Å². The summed E-state index contributed by atoms with van der Waals surface area (Å²) in [6, 6.07) is 2.16. The predicted molar refractivity (Wildman–Crippen MR) is 63.5 cm³/mol. The number of hydrogen-bond acceptors (Lipinski definition) is 5. The smallest absolute Gasteiger partial charge is 0.307 e. The van der Waals surface area contributed by atoms with Crippen molar-refractivity contribution in [3.05, 3.63) is 0 Å². The van der Waals surface area contributed by atoms with Gasteiger partial charge in [-0.1, -0.05) is 0 Å².